The Morgan fingerprint density at radius 2 is 1.86 bits per heavy atom. The van der Waals surface area contributed by atoms with Crippen molar-refractivity contribution in [3.05, 3.63) is 0 Å². The average molecular weight is 230 g/mol. The monoisotopic (exact) mass is 229 g/mol. The molecule has 0 amide bonds. The standard InChI is InChI=1S/C9H15ClF3N/c10-5-7-3-1-2-4-8(7)14-6-9(11,12)13/h7-8,14H,1-6H2. The Hall–Kier alpha value is 0.0400. The van der Waals surface area contributed by atoms with Crippen LogP contribution < -0.4 is 5.32 Å². The summed E-state index contributed by atoms with van der Waals surface area (Å²) in [7, 11) is 0. The van der Waals surface area contributed by atoms with Gasteiger partial charge in [0.15, 0.2) is 0 Å². The molecule has 2 atom stereocenters. The lowest BCUT2D eigenvalue weighted by Crippen LogP contribution is -2.43. The zero-order valence-corrected chi connectivity index (χ0v) is 8.67. The molecule has 1 nitrogen and oxygen atoms in total. The van der Waals surface area contributed by atoms with E-state index in [-0.39, 0.29) is 12.0 Å². The van der Waals surface area contributed by atoms with E-state index >= 15 is 0 Å². The third kappa shape index (κ3) is 4.05. The summed E-state index contributed by atoms with van der Waals surface area (Å²) in [5, 5.41) is 2.55. The Balaban J connectivity index is 2.33. The van der Waals surface area contributed by atoms with Gasteiger partial charge in [-0.1, -0.05) is 12.8 Å². The van der Waals surface area contributed by atoms with Gasteiger partial charge in [0.05, 0.1) is 6.54 Å². The molecule has 0 aromatic heterocycles. The van der Waals surface area contributed by atoms with E-state index in [1.54, 1.807) is 0 Å². The van der Waals surface area contributed by atoms with Crippen molar-refractivity contribution >= 4 is 11.6 Å². The SMILES string of the molecule is FC(F)(F)CNC1CCCCC1CCl. The van der Waals surface area contributed by atoms with Crippen molar-refractivity contribution in [3.63, 3.8) is 0 Å². The Labute approximate surface area is 87.0 Å². The van der Waals surface area contributed by atoms with E-state index in [0.717, 1.165) is 25.7 Å². The topological polar surface area (TPSA) is 12.0 Å². The molecule has 0 aromatic rings. The number of nitrogens with one attached hydrogen (secondary N) is 1. The minimum atomic E-state index is -4.12. The van der Waals surface area contributed by atoms with Gasteiger partial charge in [0, 0.05) is 11.9 Å². The highest BCUT2D eigenvalue weighted by molar-refractivity contribution is 6.18. The van der Waals surface area contributed by atoms with E-state index in [4.69, 9.17) is 11.6 Å². The van der Waals surface area contributed by atoms with Crippen molar-refractivity contribution in [2.75, 3.05) is 12.4 Å². The van der Waals surface area contributed by atoms with Gasteiger partial charge in [-0.2, -0.15) is 13.2 Å². The Morgan fingerprint density at radius 1 is 1.21 bits per heavy atom. The lowest BCUT2D eigenvalue weighted by molar-refractivity contribution is -0.127. The molecule has 1 fully saturated rings. The summed E-state index contributed by atoms with van der Waals surface area (Å²) in [6.45, 7) is -0.898. The Bertz CT molecular complexity index is 172. The summed E-state index contributed by atoms with van der Waals surface area (Å²) in [6.07, 6.45) is -0.273. The first-order chi connectivity index (χ1) is 6.53. The van der Waals surface area contributed by atoms with E-state index in [1.165, 1.54) is 0 Å². The zero-order valence-electron chi connectivity index (χ0n) is 7.91. The number of hydrogen-bond acceptors (Lipinski definition) is 1. The molecule has 84 valence electrons. The van der Waals surface area contributed by atoms with Crippen LogP contribution in [0.15, 0.2) is 0 Å². The molecule has 0 heterocycles. The quantitative estimate of drug-likeness (QED) is 0.734. The molecule has 2 unspecified atom stereocenters. The van der Waals surface area contributed by atoms with E-state index in [2.05, 4.69) is 5.32 Å². The first kappa shape index (κ1) is 12.1. The lowest BCUT2D eigenvalue weighted by atomic mass is 9.86. The van der Waals surface area contributed by atoms with Crippen LogP contribution in [-0.2, 0) is 0 Å². The molecule has 0 spiro atoms. The molecule has 1 saturated carbocycles. The van der Waals surface area contributed by atoms with Crippen molar-refractivity contribution in [2.24, 2.45) is 5.92 Å². The van der Waals surface area contributed by atoms with Gasteiger partial charge in [0.2, 0.25) is 0 Å². The first-order valence-electron chi connectivity index (χ1n) is 4.89. The van der Waals surface area contributed by atoms with Crippen LogP contribution in [0.5, 0.6) is 0 Å². The molecule has 14 heavy (non-hydrogen) atoms. The van der Waals surface area contributed by atoms with E-state index < -0.39 is 12.7 Å². The minimum Gasteiger partial charge on any atom is -0.306 e. The molecule has 1 N–H and O–H groups in total. The van der Waals surface area contributed by atoms with Crippen LogP contribution >= 0.6 is 11.6 Å². The summed E-state index contributed by atoms with van der Waals surface area (Å²) in [6, 6.07) is -0.0529. The molecule has 0 bridgehead atoms. The van der Waals surface area contributed by atoms with Gasteiger partial charge in [0.1, 0.15) is 0 Å². The zero-order chi connectivity index (χ0) is 10.6. The van der Waals surface area contributed by atoms with Gasteiger partial charge in [-0.3, -0.25) is 0 Å². The van der Waals surface area contributed by atoms with Crippen LogP contribution in [0.3, 0.4) is 0 Å². The smallest absolute Gasteiger partial charge is 0.306 e. The van der Waals surface area contributed by atoms with Gasteiger partial charge in [-0.15, -0.1) is 11.6 Å². The van der Waals surface area contributed by atoms with Crippen molar-refractivity contribution in [3.8, 4) is 0 Å². The van der Waals surface area contributed by atoms with Crippen molar-refractivity contribution in [1.82, 2.24) is 5.32 Å². The maximum atomic E-state index is 11.9. The molecule has 0 aliphatic heterocycles. The van der Waals surface area contributed by atoms with E-state index in [0.29, 0.717) is 5.88 Å². The molecule has 0 aromatic carbocycles. The second-order valence-electron chi connectivity index (χ2n) is 3.80. The maximum Gasteiger partial charge on any atom is 0.401 e. The predicted octanol–water partition coefficient (Wildman–Crippen LogP) is 2.94. The molecule has 1 rings (SSSR count). The second kappa shape index (κ2) is 5.21. The molecule has 1 aliphatic rings. The summed E-state index contributed by atoms with van der Waals surface area (Å²) in [5.41, 5.74) is 0. The van der Waals surface area contributed by atoms with Crippen LogP contribution in [0, 0.1) is 5.92 Å². The fraction of sp³-hybridized carbons (Fsp3) is 1.00. The minimum absolute atomic E-state index is 0.0529. The van der Waals surface area contributed by atoms with Crippen molar-refractivity contribution in [2.45, 2.75) is 37.9 Å². The highest BCUT2D eigenvalue weighted by atomic mass is 35.5. The largest absolute Gasteiger partial charge is 0.401 e. The maximum absolute atomic E-state index is 11.9. The summed E-state index contributed by atoms with van der Waals surface area (Å²) >= 11 is 5.70. The molecule has 0 saturated heterocycles. The molecular weight excluding hydrogens is 215 g/mol. The molecule has 0 radical (unpaired) electrons. The Morgan fingerprint density at radius 3 is 2.43 bits per heavy atom. The van der Waals surface area contributed by atoms with Crippen LogP contribution in [-0.4, -0.2) is 24.6 Å². The van der Waals surface area contributed by atoms with Gasteiger partial charge in [-0.25, -0.2) is 0 Å². The van der Waals surface area contributed by atoms with Gasteiger partial charge in [-0.05, 0) is 18.8 Å². The van der Waals surface area contributed by atoms with Crippen LogP contribution in [0.2, 0.25) is 0 Å². The molecule has 5 heteroatoms. The van der Waals surface area contributed by atoms with E-state index in [1.807, 2.05) is 0 Å². The Kier molecular flexibility index (Phi) is 4.51. The van der Waals surface area contributed by atoms with Crippen LogP contribution in [0.25, 0.3) is 0 Å². The van der Waals surface area contributed by atoms with Crippen LogP contribution in [0.4, 0.5) is 13.2 Å². The number of alkyl halides is 4. The van der Waals surface area contributed by atoms with Crippen LogP contribution in [0.1, 0.15) is 25.7 Å². The summed E-state index contributed by atoms with van der Waals surface area (Å²) in [5.74, 6) is 0.656. The molecule has 1 aliphatic carbocycles. The summed E-state index contributed by atoms with van der Waals surface area (Å²) < 4.78 is 35.8. The average Bonchev–Trinajstić information content (AvgIpc) is 2.14. The second-order valence-corrected chi connectivity index (χ2v) is 4.11. The van der Waals surface area contributed by atoms with Crippen molar-refractivity contribution < 1.29 is 13.2 Å². The highest BCUT2D eigenvalue weighted by Crippen LogP contribution is 2.26. The number of rotatable bonds is 3. The van der Waals surface area contributed by atoms with Crippen molar-refractivity contribution in [1.29, 1.82) is 0 Å². The summed E-state index contributed by atoms with van der Waals surface area (Å²) in [4.78, 5) is 0. The third-order valence-corrected chi connectivity index (χ3v) is 3.07. The van der Waals surface area contributed by atoms with Gasteiger partial charge < -0.3 is 5.32 Å². The normalized spacial score (nSPS) is 29.1. The van der Waals surface area contributed by atoms with E-state index in [9.17, 15) is 13.2 Å². The van der Waals surface area contributed by atoms with Gasteiger partial charge >= 0.3 is 6.18 Å². The fourth-order valence-electron chi connectivity index (χ4n) is 1.91. The number of hydrogen-bond donors (Lipinski definition) is 1. The highest BCUT2D eigenvalue weighted by Gasteiger charge is 2.31. The third-order valence-electron chi connectivity index (χ3n) is 2.67. The molecular formula is C9H15ClF3N. The first-order valence-corrected chi connectivity index (χ1v) is 5.42. The fourth-order valence-corrected chi connectivity index (χ4v) is 2.28. The van der Waals surface area contributed by atoms with Gasteiger partial charge in [0.25, 0.3) is 0 Å². The predicted molar refractivity (Wildman–Crippen MR) is 50.5 cm³/mol. The number of halogens is 4. The lowest BCUT2D eigenvalue weighted by Gasteiger charge is -2.31.